The molecular formula is C17H20O3S3. The van der Waals surface area contributed by atoms with Crippen LogP contribution in [0.15, 0.2) is 29.8 Å². The van der Waals surface area contributed by atoms with Crippen molar-refractivity contribution in [2.24, 2.45) is 0 Å². The van der Waals surface area contributed by atoms with Crippen LogP contribution in [0, 0.1) is 0 Å². The first-order chi connectivity index (χ1) is 11.0. The number of ether oxygens (including phenoxy) is 1. The SMILES string of the molecule is CSC(SC)(SC)C12CCCC(=O)C1=C(O)c1ccccc1O2. The molecule has 0 spiro atoms. The summed E-state index contributed by atoms with van der Waals surface area (Å²) in [6, 6.07) is 7.43. The molecular weight excluding hydrogens is 348 g/mol. The highest BCUT2D eigenvalue weighted by Gasteiger charge is 2.61. The fraction of sp³-hybridized carbons (Fsp3) is 0.471. The molecule has 0 bridgehead atoms. The van der Waals surface area contributed by atoms with E-state index in [2.05, 4.69) is 0 Å². The van der Waals surface area contributed by atoms with Gasteiger partial charge < -0.3 is 9.84 Å². The van der Waals surface area contributed by atoms with Gasteiger partial charge in [0.25, 0.3) is 0 Å². The van der Waals surface area contributed by atoms with E-state index in [1.807, 2.05) is 43.0 Å². The van der Waals surface area contributed by atoms with E-state index in [1.165, 1.54) is 0 Å². The molecule has 1 unspecified atom stereocenters. The number of ketones is 1. The molecule has 1 aliphatic carbocycles. The first-order valence-electron chi connectivity index (χ1n) is 7.46. The smallest absolute Gasteiger partial charge is 0.174 e. The zero-order chi connectivity index (χ0) is 16.7. The van der Waals surface area contributed by atoms with E-state index in [1.54, 1.807) is 35.3 Å². The Labute approximate surface area is 149 Å². The van der Waals surface area contributed by atoms with Gasteiger partial charge in [0.2, 0.25) is 0 Å². The summed E-state index contributed by atoms with van der Waals surface area (Å²) < 4.78 is 6.11. The highest BCUT2D eigenvalue weighted by molar-refractivity contribution is 8.33. The van der Waals surface area contributed by atoms with E-state index in [9.17, 15) is 9.90 Å². The molecule has 2 aliphatic rings. The van der Waals surface area contributed by atoms with Crippen molar-refractivity contribution in [3.8, 4) is 5.75 Å². The third-order valence-corrected chi connectivity index (χ3v) is 10.2. The van der Waals surface area contributed by atoms with Crippen LogP contribution in [0.2, 0.25) is 0 Å². The van der Waals surface area contributed by atoms with Crippen LogP contribution in [-0.2, 0) is 4.79 Å². The molecule has 0 radical (unpaired) electrons. The number of carbonyl (C=O) groups is 1. The van der Waals surface area contributed by atoms with Crippen LogP contribution in [0.5, 0.6) is 5.75 Å². The van der Waals surface area contributed by atoms with Gasteiger partial charge in [-0.2, -0.15) is 0 Å². The van der Waals surface area contributed by atoms with Gasteiger partial charge in [0.1, 0.15) is 11.5 Å². The van der Waals surface area contributed by atoms with Gasteiger partial charge in [0.15, 0.2) is 14.8 Å². The summed E-state index contributed by atoms with van der Waals surface area (Å²) >= 11 is 5.05. The fourth-order valence-electron chi connectivity index (χ4n) is 3.59. The second-order valence-corrected chi connectivity index (χ2v) is 9.43. The first kappa shape index (κ1) is 17.1. The Morgan fingerprint density at radius 3 is 2.48 bits per heavy atom. The molecule has 124 valence electrons. The van der Waals surface area contributed by atoms with Crippen LogP contribution in [0.4, 0.5) is 0 Å². The minimum atomic E-state index is -0.807. The Kier molecular flexibility index (Phi) is 4.69. The van der Waals surface area contributed by atoms with E-state index >= 15 is 0 Å². The summed E-state index contributed by atoms with van der Waals surface area (Å²) in [5.41, 5.74) is 0.269. The molecule has 3 rings (SSSR count). The number of para-hydroxylation sites is 1. The zero-order valence-electron chi connectivity index (χ0n) is 13.4. The summed E-state index contributed by atoms with van der Waals surface area (Å²) in [7, 11) is 0. The number of aliphatic hydroxyl groups is 1. The molecule has 1 N–H and O–H groups in total. The van der Waals surface area contributed by atoms with Gasteiger partial charge in [-0.05, 0) is 43.7 Å². The molecule has 1 fully saturated rings. The molecule has 1 aromatic carbocycles. The van der Waals surface area contributed by atoms with Crippen LogP contribution in [0.25, 0.3) is 5.76 Å². The van der Waals surface area contributed by atoms with Crippen molar-refractivity contribution < 1.29 is 14.6 Å². The maximum Gasteiger partial charge on any atom is 0.174 e. The van der Waals surface area contributed by atoms with Crippen molar-refractivity contribution in [3.63, 3.8) is 0 Å². The van der Waals surface area contributed by atoms with E-state index in [4.69, 9.17) is 4.74 Å². The molecule has 1 aromatic rings. The molecule has 0 aromatic heterocycles. The van der Waals surface area contributed by atoms with Crippen molar-refractivity contribution in [1.29, 1.82) is 0 Å². The van der Waals surface area contributed by atoms with Crippen molar-refractivity contribution in [1.82, 2.24) is 0 Å². The van der Waals surface area contributed by atoms with Crippen molar-refractivity contribution in [3.05, 3.63) is 35.4 Å². The Hall–Kier alpha value is -0.720. The Morgan fingerprint density at radius 2 is 1.83 bits per heavy atom. The first-order valence-corrected chi connectivity index (χ1v) is 11.1. The monoisotopic (exact) mass is 368 g/mol. The second-order valence-electron chi connectivity index (χ2n) is 5.59. The molecule has 6 heteroatoms. The second kappa shape index (κ2) is 6.30. The van der Waals surface area contributed by atoms with Crippen LogP contribution < -0.4 is 4.74 Å². The molecule has 3 nitrogen and oxygen atoms in total. The van der Waals surface area contributed by atoms with Gasteiger partial charge in [-0.1, -0.05) is 12.1 Å². The molecule has 1 saturated carbocycles. The summed E-state index contributed by atoms with van der Waals surface area (Å²) in [4.78, 5) is 12.7. The van der Waals surface area contributed by atoms with E-state index in [0.29, 0.717) is 23.3 Å². The largest absolute Gasteiger partial charge is 0.507 e. The Balaban J connectivity index is 2.30. The summed E-state index contributed by atoms with van der Waals surface area (Å²) in [5.74, 6) is 0.757. The van der Waals surface area contributed by atoms with Gasteiger partial charge in [-0.3, -0.25) is 4.79 Å². The lowest BCUT2D eigenvalue weighted by Crippen LogP contribution is -2.58. The number of rotatable bonds is 4. The fourth-order valence-corrected chi connectivity index (χ4v) is 7.31. The predicted molar refractivity (Wildman–Crippen MR) is 101 cm³/mol. The van der Waals surface area contributed by atoms with Crippen molar-refractivity contribution in [2.45, 2.75) is 28.3 Å². The maximum absolute atomic E-state index is 12.7. The van der Waals surface area contributed by atoms with Gasteiger partial charge in [0, 0.05) is 6.42 Å². The van der Waals surface area contributed by atoms with Gasteiger partial charge in [-0.15, -0.1) is 35.3 Å². The van der Waals surface area contributed by atoms with Gasteiger partial charge in [-0.25, -0.2) is 0 Å². The highest BCUT2D eigenvalue weighted by atomic mass is 32.3. The number of carbonyl (C=O) groups excluding carboxylic acids is 1. The van der Waals surface area contributed by atoms with Gasteiger partial charge in [0.05, 0.1) is 11.1 Å². The topological polar surface area (TPSA) is 46.5 Å². The van der Waals surface area contributed by atoms with Crippen LogP contribution in [0.1, 0.15) is 24.8 Å². The number of thioether (sulfide) groups is 3. The number of hydrogen-bond donors (Lipinski definition) is 1. The van der Waals surface area contributed by atoms with E-state index in [-0.39, 0.29) is 15.0 Å². The molecule has 1 atom stereocenters. The van der Waals surface area contributed by atoms with Crippen molar-refractivity contribution >= 4 is 46.8 Å². The van der Waals surface area contributed by atoms with Crippen LogP contribution in [0.3, 0.4) is 0 Å². The van der Waals surface area contributed by atoms with Crippen LogP contribution >= 0.6 is 35.3 Å². The van der Waals surface area contributed by atoms with E-state index < -0.39 is 5.60 Å². The standard InChI is InChI=1S/C17H20O3S3/c1-21-17(22-2,23-3)16-10-6-8-12(18)14(16)15(19)11-7-4-5-9-13(11)20-16/h4-5,7,9,19H,6,8,10H2,1-3H3. The summed E-state index contributed by atoms with van der Waals surface area (Å²) in [5, 5.41) is 10.9. The number of aliphatic hydroxyl groups excluding tert-OH is 1. The minimum absolute atomic E-state index is 0.00442. The zero-order valence-corrected chi connectivity index (χ0v) is 15.9. The number of benzene rings is 1. The average Bonchev–Trinajstić information content (AvgIpc) is 2.57. The Bertz CT molecular complexity index is 659. The molecule has 1 aliphatic heterocycles. The molecule has 0 saturated heterocycles. The quantitative estimate of drug-likeness (QED) is 0.785. The number of fused-ring (bicyclic) bond motifs is 2. The highest BCUT2D eigenvalue weighted by Crippen LogP contribution is 2.61. The van der Waals surface area contributed by atoms with E-state index in [0.717, 1.165) is 12.8 Å². The van der Waals surface area contributed by atoms with Gasteiger partial charge >= 0.3 is 0 Å². The average molecular weight is 369 g/mol. The lowest BCUT2D eigenvalue weighted by Gasteiger charge is -2.52. The molecule has 23 heavy (non-hydrogen) atoms. The van der Waals surface area contributed by atoms with Crippen LogP contribution in [-0.4, -0.2) is 38.7 Å². The Morgan fingerprint density at radius 1 is 1.17 bits per heavy atom. The third kappa shape index (κ3) is 2.33. The molecule has 0 amide bonds. The molecule has 1 heterocycles. The lowest BCUT2D eigenvalue weighted by atomic mass is 9.76. The number of hydrogen-bond acceptors (Lipinski definition) is 6. The van der Waals surface area contributed by atoms with Crippen molar-refractivity contribution in [2.75, 3.05) is 18.8 Å². The lowest BCUT2D eigenvalue weighted by molar-refractivity contribution is -0.119. The normalized spacial score (nSPS) is 24.0. The maximum atomic E-state index is 12.7. The summed E-state index contributed by atoms with van der Waals surface area (Å²) in [6.07, 6.45) is 8.11. The minimum Gasteiger partial charge on any atom is -0.507 e. The number of Topliss-reactive ketones (excluding diaryl/α,β-unsaturated/α-hetero) is 1. The third-order valence-electron chi connectivity index (χ3n) is 4.58. The summed E-state index contributed by atoms with van der Waals surface area (Å²) in [6.45, 7) is 0. The predicted octanol–water partition coefficient (Wildman–Crippen LogP) is 4.58.